The first-order valence-corrected chi connectivity index (χ1v) is 6.76. The maximum absolute atomic E-state index is 11.2. The molecule has 0 saturated carbocycles. The minimum Gasteiger partial charge on any atom is -0.370 e. The summed E-state index contributed by atoms with van der Waals surface area (Å²) in [5.41, 5.74) is 2.71. The van der Waals surface area contributed by atoms with Crippen LogP contribution < -0.4 is 0 Å². The first-order chi connectivity index (χ1) is 7.90. The normalized spacial score (nSPS) is 21.0. The van der Waals surface area contributed by atoms with E-state index in [9.17, 15) is 4.79 Å². The summed E-state index contributed by atoms with van der Waals surface area (Å²) >= 11 is 1.98. The lowest BCUT2D eigenvalue weighted by Gasteiger charge is -2.22. The van der Waals surface area contributed by atoms with Gasteiger partial charge in [-0.05, 0) is 24.3 Å². The predicted molar refractivity (Wildman–Crippen MR) is 61.7 cm³/mol. The SMILES string of the molecule is O=Cc1c2c(nn1C1CCSCC1)COC2. The molecule has 86 valence electrons. The summed E-state index contributed by atoms with van der Waals surface area (Å²) in [5.74, 6) is 2.34. The van der Waals surface area contributed by atoms with E-state index in [0.717, 1.165) is 36.1 Å². The van der Waals surface area contributed by atoms with Gasteiger partial charge in [0.2, 0.25) is 0 Å². The maximum Gasteiger partial charge on any atom is 0.168 e. The fraction of sp³-hybridized carbons (Fsp3) is 0.636. The van der Waals surface area contributed by atoms with Gasteiger partial charge in [0.25, 0.3) is 0 Å². The highest BCUT2D eigenvalue weighted by Gasteiger charge is 2.26. The van der Waals surface area contributed by atoms with Gasteiger partial charge in [-0.1, -0.05) is 0 Å². The van der Waals surface area contributed by atoms with Crippen LogP contribution in [-0.2, 0) is 18.0 Å². The quantitative estimate of drug-likeness (QED) is 0.737. The molecular weight excluding hydrogens is 224 g/mol. The number of carbonyl (C=O) groups is 1. The van der Waals surface area contributed by atoms with Crippen molar-refractivity contribution < 1.29 is 9.53 Å². The van der Waals surface area contributed by atoms with Crippen LogP contribution in [0.3, 0.4) is 0 Å². The van der Waals surface area contributed by atoms with E-state index in [1.807, 2.05) is 16.4 Å². The van der Waals surface area contributed by atoms with Crippen LogP contribution in [-0.4, -0.2) is 27.6 Å². The monoisotopic (exact) mass is 238 g/mol. The highest BCUT2D eigenvalue weighted by molar-refractivity contribution is 7.99. The lowest BCUT2D eigenvalue weighted by Crippen LogP contribution is -2.19. The second kappa shape index (κ2) is 4.22. The van der Waals surface area contributed by atoms with Crippen LogP contribution in [0.4, 0.5) is 0 Å². The molecule has 0 spiro atoms. The van der Waals surface area contributed by atoms with Gasteiger partial charge in [-0.3, -0.25) is 9.48 Å². The fourth-order valence-corrected chi connectivity index (χ4v) is 3.47. The van der Waals surface area contributed by atoms with Crippen molar-refractivity contribution in [3.8, 4) is 0 Å². The molecule has 1 aromatic heterocycles. The minimum absolute atomic E-state index is 0.409. The molecule has 0 aromatic carbocycles. The number of ether oxygens (including phenoxy) is 1. The van der Waals surface area contributed by atoms with Gasteiger partial charge in [-0.15, -0.1) is 0 Å². The molecule has 5 heteroatoms. The second-order valence-corrected chi connectivity index (χ2v) is 5.43. The highest BCUT2D eigenvalue weighted by Crippen LogP contribution is 2.31. The van der Waals surface area contributed by atoms with E-state index < -0.39 is 0 Å². The Morgan fingerprint density at radius 2 is 2.19 bits per heavy atom. The van der Waals surface area contributed by atoms with E-state index >= 15 is 0 Å². The van der Waals surface area contributed by atoms with Gasteiger partial charge in [0.05, 0.1) is 24.9 Å². The average Bonchev–Trinajstić information content (AvgIpc) is 2.89. The zero-order valence-electron chi connectivity index (χ0n) is 9.02. The second-order valence-electron chi connectivity index (χ2n) is 4.21. The molecule has 4 nitrogen and oxygen atoms in total. The number of thioether (sulfide) groups is 1. The summed E-state index contributed by atoms with van der Waals surface area (Å²) in [4.78, 5) is 11.2. The fourth-order valence-electron chi connectivity index (χ4n) is 2.39. The van der Waals surface area contributed by atoms with Crippen LogP contribution in [0.25, 0.3) is 0 Å². The minimum atomic E-state index is 0.409. The Labute approximate surface area is 98.3 Å². The summed E-state index contributed by atoms with van der Waals surface area (Å²) in [5, 5.41) is 4.54. The van der Waals surface area contributed by atoms with Crippen LogP contribution in [0.5, 0.6) is 0 Å². The van der Waals surface area contributed by atoms with Gasteiger partial charge in [-0.25, -0.2) is 0 Å². The third-order valence-electron chi connectivity index (χ3n) is 3.27. The van der Waals surface area contributed by atoms with Gasteiger partial charge in [0.15, 0.2) is 6.29 Å². The molecule has 3 heterocycles. The number of aromatic nitrogens is 2. The molecule has 0 aliphatic carbocycles. The first kappa shape index (κ1) is 10.4. The number of hydrogen-bond acceptors (Lipinski definition) is 4. The summed E-state index contributed by atoms with van der Waals surface area (Å²) in [7, 11) is 0. The Morgan fingerprint density at radius 3 is 2.94 bits per heavy atom. The third-order valence-corrected chi connectivity index (χ3v) is 4.32. The highest BCUT2D eigenvalue weighted by atomic mass is 32.2. The van der Waals surface area contributed by atoms with Crippen LogP contribution in [0.1, 0.15) is 40.6 Å². The van der Waals surface area contributed by atoms with Gasteiger partial charge in [-0.2, -0.15) is 16.9 Å². The largest absolute Gasteiger partial charge is 0.370 e. The van der Waals surface area contributed by atoms with E-state index in [1.54, 1.807) is 0 Å². The van der Waals surface area contributed by atoms with E-state index in [2.05, 4.69) is 5.10 Å². The summed E-state index contributed by atoms with van der Waals surface area (Å²) in [6.45, 7) is 1.11. The molecule has 0 atom stereocenters. The Bertz CT molecular complexity index is 410. The zero-order valence-corrected chi connectivity index (χ0v) is 9.83. The van der Waals surface area contributed by atoms with Crippen molar-refractivity contribution in [3.05, 3.63) is 17.0 Å². The molecule has 1 aromatic rings. The molecule has 2 aliphatic heterocycles. The first-order valence-electron chi connectivity index (χ1n) is 5.61. The smallest absolute Gasteiger partial charge is 0.168 e. The number of hydrogen-bond donors (Lipinski definition) is 0. The van der Waals surface area contributed by atoms with Crippen molar-refractivity contribution in [2.24, 2.45) is 0 Å². The van der Waals surface area contributed by atoms with Crippen molar-refractivity contribution >= 4 is 18.0 Å². The van der Waals surface area contributed by atoms with Crippen molar-refractivity contribution in [1.82, 2.24) is 9.78 Å². The van der Waals surface area contributed by atoms with Crippen LogP contribution in [0.2, 0.25) is 0 Å². The molecular formula is C11H14N2O2S. The van der Waals surface area contributed by atoms with Gasteiger partial charge < -0.3 is 4.74 Å². The third kappa shape index (κ3) is 1.58. The predicted octanol–water partition coefficient (Wildman–Crippen LogP) is 1.79. The summed E-state index contributed by atoms with van der Waals surface area (Å²) in [6.07, 6.45) is 3.17. The molecule has 3 rings (SSSR count). The topological polar surface area (TPSA) is 44.1 Å². The molecule has 16 heavy (non-hydrogen) atoms. The van der Waals surface area contributed by atoms with E-state index in [1.165, 1.54) is 11.5 Å². The Hall–Kier alpha value is -0.810. The van der Waals surface area contributed by atoms with Crippen molar-refractivity contribution in [1.29, 1.82) is 0 Å². The zero-order chi connectivity index (χ0) is 11.0. The number of carbonyl (C=O) groups excluding carboxylic acids is 1. The number of aldehydes is 1. The average molecular weight is 238 g/mol. The van der Waals surface area contributed by atoms with Crippen molar-refractivity contribution in [2.45, 2.75) is 32.1 Å². The molecule has 1 saturated heterocycles. The van der Waals surface area contributed by atoms with Gasteiger partial charge >= 0.3 is 0 Å². The van der Waals surface area contributed by atoms with Gasteiger partial charge in [0.1, 0.15) is 5.69 Å². The lowest BCUT2D eigenvalue weighted by molar-refractivity contribution is 0.109. The molecule has 0 radical (unpaired) electrons. The lowest BCUT2D eigenvalue weighted by atomic mass is 10.1. The van der Waals surface area contributed by atoms with E-state index in [-0.39, 0.29) is 0 Å². The van der Waals surface area contributed by atoms with E-state index in [0.29, 0.717) is 19.3 Å². The Balaban J connectivity index is 1.96. The van der Waals surface area contributed by atoms with Gasteiger partial charge in [0, 0.05) is 5.56 Å². The molecule has 0 N–H and O–H groups in total. The maximum atomic E-state index is 11.2. The molecule has 2 aliphatic rings. The van der Waals surface area contributed by atoms with Crippen LogP contribution in [0, 0.1) is 0 Å². The molecule has 0 unspecified atom stereocenters. The standard InChI is InChI=1S/C11H14N2O2S/c14-5-11-9-6-15-7-10(9)12-13(11)8-1-3-16-4-2-8/h5,8H,1-4,6-7H2. The Morgan fingerprint density at radius 1 is 1.38 bits per heavy atom. The summed E-state index contributed by atoms with van der Waals surface area (Å²) < 4.78 is 7.25. The van der Waals surface area contributed by atoms with E-state index in [4.69, 9.17) is 4.74 Å². The van der Waals surface area contributed by atoms with Crippen LogP contribution >= 0.6 is 11.8 Å². The molecule has 1 fully saturated rings. The number of nitrogens with zero attached hydrogens (tertiary/aromatic N) is 2. The van der Waals surface area contributed by atoms with Crippen LogP contribution in [0.15, 0.2) is 0 Å². The Kier molecular flexibility index (Phi) is 2.73. The number of rotatable bonds is 2. The van der Waals surface area contributed by atoms with Crippen molar-refractivity contribution in [2.75, 3.05) is 11.5 Å². The number of fused-ring (bicyclic) bond motifs is 1. The summed E-state index contributed by atoms with van der Waals surface area (Å²) in [6, 6.07) is 0.409. The van der Waals surface area contributed by atoms with Crippen molar-refractivity contribution in [3.63, 3.8) is 0 Å². The molecule has 0 amide bonds. The molecule has 0 bridgehead atoms.